The van der Waals surface area contributed by atoms with Crippen LogP contribution in [0.15, 0.2) is 12.2 Å². The fourth-order valence-corrected chi connectivity index (χ4v) is 2.86. The van der Waals surface area contributed by atoms with Crippen molar-refractivity contribution in [2.24, 2.45) is 5.92 Å². The van der Waals surface area contributed by atoms with Crippen LogP contribution in [0.4, 0.5) is 0 Å². The van der Waals surface area contributed by atoms with Crippen molar-refractivity contribution in [2.45, 2.75) is 71.0 Å². The first kappa shape index (κ1) is 17.6. The van der Waals surface area contributed by atoms with Crippen LogP contribution in [0.1, 0.15) is 65.7 Å². The van der Waals surface area contributed by atoms with Gasteiger partial charge in [0.25, 0.3) is 10.1 Å². The molecule has 0 aliphatic rings. The first-order valence-corrected chi connectivity index (χ1v) is 8.55. The summed E-state index contributed by atoms with van der Waals surface area (Å²) in [5.41, 5.74) is 0. The van der Waals surface area contributed by atoms with E-state index in [-0.39, 0.29) is 5.92 Å². The zero-order chi connectivity index (χ0) is 14.0. The summed E-state index contributed by atoms with van der Waals surface area (Å²) < 4.78 is 31.6. The van der Waals surface area contributed by atoms with Crippen molar-refractivity contribution in [3.05, 3.63) is 12.2 Å². The summed E-state index contributed by atoms with van der Waals surface area (Å²) in [6.07, 6.45) is 11.1. The first-order chi connectivity index (χ1) is 8.43. The Balaban J connectivity index is 4.27. The lowest BCUT2D eigenvalue weighted by Gasteiger charge is -2.21. The fourth-order valence-electron chi connectivity index (χ4n) is 2.11. The molecule has 0 aromatic carbocycles. The van der Waals surface area contributed by atoms with Crippen LogP contribution in [-0.2, 0) is 10.1 Å². The van der Waals surface area contributed by atoms with E-state index in [1.54, 1.807) is 6.92 Å². The van der Waals surface area contributed by atoms with E-state index < -0.39 is 15.4 Å². The van der Waals surface area contributed by atoms with Crippen LogP contribution < -0.4 is 0 Å². The van der Waals surface area contributed by atoms with Gasteiger partial charge in [0.05, 0.1) is 5.25 Å². The van der Waals surface area contributed by atoms with E-state index in [1.165, 1.54) is 0 Å². The monoisotopic (exact) mass is 276 g/mol. The summed E-state index contributed by atoms with van der Waals surface area (Å²) in [6.45, 7) is 5.82. The van der Waals surface area contributed by atoms with E-state index in [9.17, 15) is 8.42 Å². The minimum atomic E-state index is -3.90. The highest BCUT2D eigenvalue weighted by Gasteiger charge is 2.26. The molecule has 0 spiro atoms. The van der Waals surface area contributed by atoms with E-state index in [2.05, 4.69) is 26.0 Å². The Morgan fingerprint density at radius 3 is 2.22 bits per heavy atom. The van der Waals surface area contributed by atoms with Gasteiger partial charge in [-0.05, 0) is 44.9 Å². The maximum atomic E-state index is 11.2. The maximum Gasteiger partial charge on any atom is 0.267 e. The minimum absolute atomic E-state index is 0.0787. The molecule has 2 unspecified atom stereocenters. The molecule has 0 aromatic heterocycles. The smallest absolute Gasteiger partial charge is 0.267 e. The van der Waals surface area contributed by atoms with Crippen LogP contribution in [0.25, 0.3) is 0 Å². The van der Waals surface area contributed by atoms with Crippen LogP contribution >= 0.6 is 0 Å². The van der Waals surface area contributed by atoms with Crippen molar-refractivity contribution < 1.29 is 13.0 Å². The molecule has 0 saturated heterocycles. The number of hydrogen-bond acceptors (Lipinski definition) is 2. The Morgan fingerprint density at radius 1 is 1.11 bits per heavy atom. The lowest BCUT2D eigenvalue weighted by atomic mass is 9.93. The zero-order valence-electron chi connectivity index (χ0n) is 11.9. The molecule has 2 atom stereocenters. The van der Waals surface area contributed by atoms with Gasteiger partial charge in [0.2, 0.25) is 0 Å². The molecular weight excluding hydrogens is 248 g/mol. The van der Waals surface area contributed by atoms with Crippen molar-refractivity contribution in [2.75, 3.05) is 0 Å². The molecule has 0 aromatic rings. The van der Waals surface area contributed by atoms with Crippen molar-refractivity contribution in [3.8, 4) is 0 Å². The second-order valence-corrected chi connectivity index (χ2v) is 6.71. The molecule has 1 N–H and O–H groups in total. The van der Waals surface area contributed by atoms with Gasteiger partial charge >= 0.3 is 0 Å². The summed E-state index contributed by atoms with van der Waals surface area (Å²) in [4.78, 5) is 0. The van der Waals surface area contributed by atoms with Crippen molar-refractivity contribution in [1.82, 2.24) is 0 Å². The van der Waals surface area contributed by atoms with Gasteiger partial charge in [-0.2, -0.15) is 8.42 Å². The van der Waals surface area contributed by atoms with E-state index in [1.807, 2.05) is 0 Å². The van der Waals surface area contributed by atoms with Gasteiger partial charge in [-0.25, -0.2) is 0 Å². The average Bonchev–Trinajstić information content (AvgIpc) is 2.30. The van der Waals surface area contributed by atoms with Gasteiger partial charge in [0.1, 0.15) is 0 Å². The van der Waals surface area contributed by atoms with E-state index in [4.69, 9.17) is 4.55 Å². The molecule has 0 aliphatic carbocycles. The highest BCUT2D eigenvalue weighted by atomic mass is 32.2. The lowest BCUT2D eigenvalue weighted by molar-refractivity contribution is 0.380. The van der Waals surface area contributed by atoms with Gasteiger partial charge in [0, 0.05) is 0 Å². The van der Waals surface area contributed by atoms with Crippen LogP contribution in [0, 0.1) is 5.92 Å². The van der Waals surface area contributed by atoms with Crippen molar-refractivity contribution in [3.63, 3.8) is 0 Å². The number of allylic oxidation sites excluding steroid dienone is 2. The van der Waals surface area contributed by atoms with Crippen molar-refractivity contribution in [1.29, 1.82) is 0 Å². The van der Waals surface area contributed by atoms with E-state index in [0.717, 1.165) is 44.9 Å². The van der Waals surface area contributed by atoms with Gasteiger partial charge in [-0.15, -0.1) is 0 Å². The Morgan fingerprint density at radius 2 is 1.72 bits per heavy atom. The molecule has 4 heteroatoms. The average molecular weight is 276 g/mol. The number of unbranched alkanes of at least 4 members (excludes halogenated alkanes) is 2. The lowest BCUT2D eigenvalue weighted by Crippen LogP contribution is -2.26. The number of rotatable bonds is 10. The van der Waals surface area contributed by atoms with Gasteiger partial charge in [0.15, 0.2) is 0 Å². The van der Waals surface area contributed by atoms with Crippen molar-refractivity contribution >= 4 is 10.1 Å². The molecule has 0 aliphatic heterocycles. The first-order valence-electron chi connectivity index (χ1n) is 7.04. The number of hydrogen-bond donors (Lipinski definition) is 1. The topological polar surface area (TPSA) is 54.4 Å². The predicted molar refractivity (Wildman–Crippen MR) is 77.3 cm³/mol. The maximum absolute atomic E-state index is 11.2. The van der Waals surface area contributed by atoms with Crippen LogP contribution in [0.5, 0.6) is 0 Å². The van der Waals surface area contributed by atoms with Gasteiger partial charge in [-0.3, -0.25) is 4.55 Å². The third-order valence-corrected chi connectivity index (χ3v) is 4.73. The molecule has 0 saturated carbocycles. The molecule has 0 fully saturated rings. The molecule has 0 amide bonds. The highest BCUT2D eigenvalue weighted by molar-refractivity contribution is 7.86. The third kappa shape index (κ3) is 7.88. The molecule has 108 valence electrons. The SMILES string of the molecule is CC/C=C/CCCC(CCCC)C(C)S(=O)(=O)O. The second-order valence-electron chi connectivity index (χ2n) is 4.93. The van der Waals surface area contributed by atoms with Gasteiger partial charge in [-0.1, -0.05) is 38.8 Å². The third-order valence-electron chi connectivity index (χ3n) is 3.41. The molecule has 0 radical (unpaired) electrons. The predicted octanol–water partition coefficient (Wildman–Crippen LogP) is 4.21. The van der Waals surface area contributed by atoms with Crippen LogP contribution in [0.3, 0.4) is 0 Å². The van der Waals surface area contributed by atoms with Gasteiger partial charge < -0.3 is 0 Å². The highest BCUT2D eigenvalue weighted by Crippen LogP contribution is 2.24. The van der Waals surface area contributed by atoms with Crippen LogP contribution in [0.2, 0.25) is 0 Å². The molecule has 0 bridgehead atoms. The molecular formula is C14H28O3S. The second kappa shape index (κ2) is 9.56. The molecule has 0 rings (SSSR count). The molecule has 18 heavy (non-hydrogen) atoms. The molecule has 3 nitrogen and oxygen atoms in total. The summed E-state index contributed by atoms with van der Waals surface area (Å²) in [7, 11) is -3.90. The zero-order valence-corrected chi connectivity index (χ0v) is 12.7. The minimum Gasteiger partial charge on any atom is -0.285 e. The molecule has 0 heterocycles. The summed E-state index contributed by atoms with van der Waals surface area (Å²) in [5, 5.41) is -0.640. The largest absolute Gasteiger partial charge is 0.285 e. The Kier molecular flexibility index (Phi) is 9.38. The summed E-state index contributed by atoms with van der Waals surface area (Å²) in [5.74, 6) is 0.0787. The Labute approximate surface area is 112 Å². The van der Waals surface area contributed by atoms with E-state index >= 15 is 0 Å². The summed E-state index contributed by atoms with van der Waals surface area (Å²) in [6, 6.07) is 0. The Bertz CT molecular complexity index is 320. The standard InChI is InChI=1S/C14H28O3S/c1-4-6-8-9-10-12-14(11-7-5-2)13(3)18(15,16)17/h6,8,13-14H,4-5,7,9-12H2,1-3H3,(H,15,16,17)/b8-6+. The Hall–Kier alpha value is -0.350. The van der Waals surface area contributed by atoms with E-state index in [0.29, 0.717) is 0 Å². The normalized spacial score (nSPS) is 16.0. The summed E-state index contributed by atoms with van der Waals surface area (Å²) >= 11 is 0. The van der Waals surface area contributed by atoms with Crippen LogP contribution in [-0.4, -0.2) is 18.2 Å². The quantitative estimate of drug-likeness (QED) is 0.369. The fraction of sp³-hybridized carbons (Fsp3) is 0.857.